The van der Waals surface area contributed by atoms with E-state index in [-0.39, 0.29) is 17.0 Å². The SMILES string of the molecule is CCc1ccc2c(c1)C(C)(C)[C@]1(C)NC(=O)CN21. The maximum Gasteiger partial charge on any atom is 0.241 e. The van der Waals surface area contributed by atoms with Gasteiger partial charge in [-0.15, -0.1) is 0 Å². The van der Waals surface area contributed by atoms with Gasteiger partial charge in [0.1, 0.15) is 5.66 Å². The van der Waals surface area contributed by atoms with Crippen LogP contribution in [0, 0.1) is 0 Å². The first-order valence-corrected chi connectivity index (χ1v) is 6.62. The summed E-state index contributed by atoms with van der Waals surface area (Å²) in [7, 11) is 0. The molecule has 1 amide bonds. The third kappa shape index (κ3) is 1.17. The number of anilines is 1. The number of fused-ring (bicyclic) bond motifs is 3. The van der Waals surface area contributed by atoms with Gasteiger partial charge in [0, 0.05) is 11.1 Å². The van der Waals surface area contributed by atoms with Crippen LogP contribution in [0.25, 0.3) is 0 Å². The van der Waals surface area contributed by atoms with Gasteiger partial charge in [0.15, 0.2) is 0 Å². The summed E-state index contributed by atoms with van der Waals surface area (Å²) in [6, 6.07) is 6.63. The molecule has 0 unspecified atom stereocenters. The van der Waals surface area contributed by atoms with Crippen molar-refractivity contribution in [2.45, 2.75) is 45.2 Å². The van der Waals surface area contributed by atoms with Crippen LogP contribution in [-0.2, 0) is 16.6 Å². The maximum absolute atomic E-state index is 11.7. The zero-order chi connectivity index (χ0) is 13.1. The number of aryl methyl sites for hydroxylation is 1. The number of amides is 1. The molecular weight excluding hydrogens is 224 g/mol. The van der Waals surface area contributed by atoms with Gasteiger partial charge < -0.3 is 10.2 Å². The number of nitrogens with one attached hydrogen (secondary N) is 1. The van der Waals surface area contributed by atoms with Crippen LogP contribution in [0.1, 0.15) is 38.8 Å². The highest BCUT2D eigenvalue weighted by Crippen LogP contribution is 2.51. The monoisotopic (exact) mass is 244 g/mol. The molecule has 3 rings (SSSR count). The quantitative estimate of drug-likeness (QED) is 0.821. The predicted molar refractivity (Wildman–Crippen MR) is 72.7 cm³/mol. The number of hydrogen-bond acceptors (Lipinski definition) is 2. The fourth-order valence-corrected chi connectivity index (χ4v) is 3.30. The summed E-state index contributed by atoms with van der Waals surface area (Å²) in [5.41, 5.74) is 3.55. The van der Waals surface area contributed by atoms with Gasteiger partial charge in [-0.25, -0.2) is 0 Å². The van der Waals surface area contributed by atoms with E-state index in [1.165, 1.54) is 16.8 Å². The van der Waals surface area contributed by atoms with Crippen molar-refractivity contribution in [3.63, 3.8) is 0 Å². The van der Waals surface area contributed by atoms with E-state index in [4.69, 9.17) is 0 Å². The molecule has 18 heavy (non-hydrogen) atoms. The average Bonchev–Trinajstić information content (AvgIpc) is 2.71. The first-order valence-electron chi connectivity index (χ1n) is 6.62. The molecule has 2 aliphatic rings. The summed E-state index contributed by atoms with van der Waals surface area (Å²) in [5, 5.41) is 3.15. The van der Waals surface area contributed by atoms with Crippen LogP contribution in [0.3, 0.4) is 0 Å². The van der Waals surface area contributed by atoms with E-state index in [1.807, 2.05) is 0 Å². The van der Waals surface area contributed by atoms with Crippen LogP contribution < -0.4 is 10.2 Å². The second-order valence-electron chi connectivity index (χ2n) is 6.04. The third-order valence-corrected chi connectivity index (χ3v) is 4.87. The van der Waals surface area contributed by atoms with E-state index in [2.05, 4.69) is 56.1 Å². The lowest BCUT2D eigenvalue weighted by molar-refractivity contribution is -0.119. The molecule has 3 nitrogen and oxygen atoms in total. The Balaban J connectivity index is 2.21. The second kappa shape index (κ2) is 3.28. The Morgan fingerprint density at radius 3 is 2.72 bits per heavy atom. The lowest BCUT2D eigenvalue weighted by atomic mass is 9.76. The Morgan fingerprint density at radius 2 is 2.06 bits per heavy atom. The van der Waals surface area contributed by atoms with Gasteiger partial charge in [-0.3, -0.25) is 4.79 Å². The van der Waals surface area contributed by atoms with Crippen LogP contribution in [0.5, 0.6) is 0 Å². The minimum Gasteiger partial charge on any atom is -0.339 e. The van der Waals surface area contributed by atoms with E-state index in [0.717, 1.165) is 6.42 Å². The summed E-state index contributed by atoms with van der Waals surface area (Å²) in [6.45, 7) is 9.21. The first-order chi connectivity index (χ1) is 8.40. The van der Waals surface area contributed by atoms with Gasteiger partial charge >= 0.3 is 0 Å². The Kier molecular flexibility index (Phi) is 2.11. The smallest absolute Gasteiger partial charge is 0.241 e. The van der Waals surface area contributed by atoms with E-state index in [9.17, 15) is 4.79 Å². The maximum atomic E-state index is 11.7. The van der Waals surface area contributed by atoms with Crippen molar-refractivity contribution >= 4 is 11.6 Å². The summed E-state index contributed by atoms with van der Waals surface area (Å²) in [4.78, 5) is 13.9. The Hall–Kier alpha value is -1.51. The van der Waals surface area contributed by atoms with Crippen molar-refractivity contribution in [3.05, 3.63) is 29.3 Å². The molecule has 0 radical (unpaired) electrons. The molecule has 3 heteroatoms. The molecular formula is C15H20N2O. The molecule has 0 bridgehead atoms. The topological polar surface area (TPSA) is 32.3 Å². The van der Waals surface area contributed by atoms with Crippen molar-refractivity contribution in [1.29, 1.82) is 0 Å². The highest BCUT2D eigenvalue weighted by Gasteiger charge is 2.58. The van der Waals surface area contributed by atoms with Crippen molar-refractivity contribution in [2.75, 3.05) is 11.4 Å². The molecule has 2 heterocycles. The van der Waals surface area contributed by atoms with Crippen LogP contribution in [0.4, 0.5) is 5.69 Å². The summed E-state index contributed by atoms with van der Waals surface area (Å²) < 4.78 is 0. The molecule has 0 aliphatic carbocycles. The van der Waals surface area contributed by atoms with Crippen LogP contribution in [0.15, 0.2) is 18.2 Å². The van der Waals surface area contributed by atoms with Crippen LogP contribution in [0.2, 0.25) is 0 Å². The molecule has 2 aliphatic heterocycles. The predicted octanol–water partition coefficient (Wildman–Crippen LogP) is 2.19. The second-order valence-corrected chi connectivity index (χ2v) is 6.04. The average molecular weight is 244 g/mol. The van der Waals surface area contributed by atoms with Gasteiger partial charge in [0.25, 0.3) is 0 Å². The minimum absolute atomic E-state index is 0.0698. The zero-order valence-corrected chi connectivity index (χ0v) is 11.5. The highest BCUT2D eigenvalue weighted by molar-refractivity contribution is 5.90. The van der Waals surface area contributed by atoms with Crippen molar-refractivity contribution in [1.82, 2.24) is 5.32 Å². The van der Waals surface area contributed by atoms with Gasteiger partial charge in [-0.05, 0) is 30.5 Å². The summed E-state index contributed by atoms with van der Waals surface area (Å²) in [6.07, 6.45) is 1.05. The van der Waals surface area contributed by atoms with Crippen molar-refractivity contribution in [2.24, 2.45) is 0 Å². The standard InChI is InChI=1S/C15H20N2O/c1-5-10-6-7-12-11(8-10)14(2,3)15(4)16-13(18)9-17(12)15/h6-8H,5,9H2,1-4H3,(H,16,18)/t15-/m1/s1. The van der Waals surface area contributed by atoms with Gasteiger partial charge in [-0.2, -0.15) is 0 Å². The minimum atomic E-state index is -0.293. The van der Waals surface area contributed by atoms with E-state index < -0.39 is 0 Å². The fourth-order valence-electron chi connectivity index (χ4n) is 3.30. The first kappa shape index (κ1) is 11.6. The number of nitrogens with zero attached hydrogens (tertiary/aromatic N) is 1. The molecule has 1 fully saturated rings. The van der Waals surface area contributed by atoms with E-state index in [1.54, 1.807) is 0 Å². The molecule has 1 aromatic rings. The van der Waals surface area contributed by atoms with E-state index >= 15 is 0 Å². The van der Waals surface area contributed by atoms with Gasteiger partial charge in [0.05, 0.1) is 6.54 Å². The lowest BCUT2D eigenvalue weighted by Crippen LogP contribution is -2.57. The Morgan fingerprint density at radius 1 is 1.33 bits per heavy atom. The van der Waals surface area contributed by atoms with Crippen molar-refractivity contribution < 1.29 is 4.79 Å². The number of carbonyl (C=O) groups excluding carboxylic acids is 1. The zero-order valence-electron chi connectivity index (χ0n) is 11.5. The molecule has 1 atom stereocenters. The Bertz CT molecular complexity index is 535. The van der Waals surface area contributed by atoms with Gasteiger partial charge in [-0.1, -0.05) is 32.9 Å². The largest absolute Gasteiger partial charge is 0.339 e. The summed E-state index contributed by atoms with van der Waals surface area (Å²) in [5.74, 6) is 0.121. The molecule has 0 spiro atoms. The molecule has 96 valence electrons. The van der Waals surface area contributed by atoms with Gasteiger partial charge in [0.2, 0.25) is 5.91 Å². The number of rotatable bonds is 1. The normalized spacial score (nSPS) is 28.0. The number of benzene rings is 1. The lowest BCUT2D eigenvalue weighted by Gasteiger charge is -2.39. The third-order valence-electron chi connectivity index (χ3n) is 4.87. The Labute approximate surface area is 108 Å². The number of carbonyl (C=O) groups is 1. The molecule has 1 saturated heterocycles. The van der Waals surface area contributed by atoms with E-state index in [0.29, 0.717) is 6.54 Å². The fraction of sp³-hybridized carbons (Fsp3) is 0.533. The molecule has 1 N–H and O–H groups in total. The van der Waals surface area contributed by atoms with Crippen LogP contribution >= 0.6 is 0 Å². The number of hydrogen-bond donors (Lipinski definition) is 1. The molecule has 0 aromatic heterocycles. The molecule has 1 aromatic carbocycles. The highest BCUT2D eigenvalue weighted by atomic mass is 16.2. The van der Waals surface area contributed by atoms with Crippen molar-refractivity contribution in [3.8, 4) is 0 Å². The summed E-state index contributed by atoms with van der Waals surface area (Å²) >= 11 is 0. The van der Waals surface area contributed by atoms with Crippen LogP contribution in [-0.4, -0.2) is 18.1 Å². The molecule has 0 saturated carbocycles.